The van der Waals surface area contributed by atoms with E-state index in [2.05, 4.69) is 4.72 Å². The maximum Gasteiger partial charge on any atom is 0.240 e. The summed E-state index contributed by atoms with van der Waals surface area (Å²) < 4.78 is 54.5. The van der Waals surface area contributed by atoms with Gasteiger partial charge in [-0.2, -0.15) is 0 Å². The van der Waals surface area contributed by atoms with E-state index >= 15 is 0 Å². The Morgan fingerprint density at radius 1 is 1.29 bits per heavy atom. The lowest BCUT2D eigenvalue weighted by atomic mass is 9.87. The molecule has 3 N–H and O–H groups in total. The molecule has 1 fully saturated rings. The van der Waals surface area contributed by atoms with Crippen molar-refractivity contribution >= 4 is 25.7 Å². The van der Waals surface area contributed by atoms with Crippen LogP contribution >= 0.6 is 0 Å². The van der Waals surface area contributed by atoms with Crippen LogP contribution in [0, 0.1) is 5.92 Å². The first kappa shape index (κ1) is 16.1. The van der Waals surface area contributed by atoms with Crippen LogP contribution in [0.3, 0.4) is 0 Å². The average Bonchev–Trinajstić information content (AvgIpc) is 2.32. The van der Waals surface area contributed by atoms with Gasteiger partial charge in [-0.25, -0.2) is 22.0 Å². The van der Waals surface area contributed by atoms with Crippen LogP contribution in [0.5, 0.6) is 5.75 Å². The Hall–Kier alpha value is -1.32. The largest absolute Gasteiger partial charge is 0.497 e. The highest BCUT2D eigenvalue weighted by atomic mass is 32.2. The highest BCUT2D eigenvalue weighted by molar-refractivity contribution is 7.93. The maximum atomic E-state index is 12.1. The van der Waals surface area contributed by atoms with Gasteiger partial charge in [-0.3, -0.25) is 4.72 Å². The molecule has 0 radical (unpaired) electrons. The molecule has 1 saturated carbocycles. The van der Waals surface area contributed by atoms with Gasteiger partial charge in [0.15, 0.2) is 0 Å². The molecule has 1 aromatic carbocycles. The lowest BCUT2D eigenvalue weighted by Crippen LogP contribution is -2.27. The Morgan fingerprint density at radius 2 is 1.95 bits per heavy atom. The molecule has 2 rings (SSSR count). The molecule has 0 atom stereocenters. The molecule has 1 aliphatic rings. The van der Waals surface area contributed by atoms with Crippen molar-refractivity contribution in [3.63, 3.8) is 0 Å². The fraction of sp³-hybridized carbons (Fsp3) is 0.500. The van der Waals surface area contributed by atoms with Gasteiger partial charge in [0.05, 0.1) is 18.6 Å². The summed E-state index contributed by atoms with van der Waals surface area (Å²) in [7, 11) is -6.26. The molecule has 0 aliphatic heterocycles. The van der Waals surface area contributed by atoms with Crippen LogP contribution in [0.2, 0.25) is 0 Å². The van der Waals surface area contributed by atoms with Crippen LogP contribution in [-0.2, 0) is 20.0 Å². The second-order valence-corrected chi connectivity index (χ2v) is 8.38. The Morgan fingerprint density at radius 3 is 2.43 bits per heavy atom. The monoisotopic (exact) mass is 334 g/mol. The molecule has 21 heavy (non-hydrogen) atoms. The standard InChI is InChI=1S/C12H18N2O5S2/c1-19-10-5-6-12(21(13,17)18)11(7-10)14-20(15,16)8-9-3-2-4-9/h5-7,9,14H,2-4,8H2,1H3,(H2,13,17,18). The molecule has 7 nitrogen and oxygen atoms in total. The summed E-state index contributed by atoms with van der Waals surface area (Å²) in [6.07, 6.45) is 2.78. The van der Waals surface area contributed by atoms with E-state index in [1.807, 2.05) is 0 Å². The topological polar surface area (TPSA) is 116 Å². The molecule has 0 spiro atoms. The van der Waals surface area contributed by atoms with Crippen LogP contribution in [0.4, 0.5) is 5.69 Å². The zero-order valence-electron chi connectivity index (χ0n) is 11.6. The second kappa shape index (κ2) is 5.82. The van der Waals surface area contributed by atoms with Gasteiger partial charge in [-0.1, -0.05) is 6.42 Å². The van der Waals surface area contributed by atoms with Gasteiger partial charge in [0.1, 0.15) is 10.6 Å². The molecule has 118 valence electrons. The quantitative estimate of drug-likeness (QED) is 0.801. The Labute approximate surface area is 124 Å². The lowest BCUT2D eigenvalue weighted by molar-refractivity contribution is 0.347. The predicted molar refractivity (Wildman–Crippen MR) is 79.1 cm³/mol. The maximum absolute atomic E-state index is 12.1. The van der Waals surface area contributed by atoms with Gasteiger partial charge in [0.25, 0.3) is 0 Å². The SMILES string of the molecule is COc1ccc(S(N)(=O)=O)c(NS(=O)(=O)CC2CCC2)c1. The summed E-state index contributed by atoms with van der Waals surface area (Å²) in [5.74, 6) is 0.448. The first-order valence-electron chi connectivity index (χ1n) is 6.42. The molecule has 1 aliphatic carbocycles. The summed E-state index contributed by atoms with van der Waals surface area (Å²) >= 11 is 0. The molecule has 0 amide bonds. The molecular weight excluding hydrogens is 316 g/mol. The number of rotatable bonds is 6. The number of nitrogens with two attached hydrogens (primary N) is 1. The molecular formula is C12H18N2O5S2. The third-order valence-corrected chi connectivity index (χ3v) is 5.85. The number of methoxy groups -OCH3 is 1. The molecule has 9 heteroatoms. The van der Waals surface area contributed by atoms with Crippen molar-refractivity contribution in [3.05, 3.63) is 18.2 Å². The number of hydrogen-bond donors (Lipinski definition) is 2. The molecule has 0 heterocycles. The second-order valence-electron chi connectivity index (χ2n) is 5.09. The fourth-order valence-electron chi connectivity index (χ4n) is 2.14. The minimum absolute atomic E-state index is 0.0196. The summed E-state index contributed by atoms with van der Waals surface area (Å²) in [6, 6.07) is 3.93. The van der Waals surface area contributed by atoms with Crippen molar-refractivity contribution in [3.8, 4) is 5.75 Å². The third-order valence-electron chi connectivity index (χ3n) is 3.44. The minimum atomic E-state index is -4.03. The van der Waals surface area contributed by atoms with Crippen molar-refractivity contribution in [1.29, 1.82) is 0 Å². The number of hydrogen-bond acceptors (Lipinski definition) is 5. The van der Waals surface area contributed by atoms with Gasteiger partial charge in [0.2, 0.25) is 20.0 Å². The number of sulfonamides is 2. The molecule has 0 aromatic heterocycles. The highest BCUT2D eigenvalue weighted by Crippen LogP contribution is 2.30. The fourth-order valence-corrected chi connectivity index (χ4v) is 4.42. The molecule has 0 bridgehead atoms. The number of ether oxygens (including phenoxy) is 1. The summed E-state index contributed by atoms with van der Waals surface area (Å²) in [6.45, 7) is 0. The van der Waals surface area contributed by atoms with Crippen molar-refractivity contribution in [2.45, 2.75) is 24.2 Å². The minimum Gasteiger partial charge on any atom is -0.497 e. The van der Waals surface area contributed by atoms with Crippen LogP contribution < -0.4 is 14.6 Å². The van der Waals surface area contributed by atoms with Gasteiger partial charge < -0.3 is 4.74 Å². The molecule has 0 unspecified atom stereocenters. The van der Waals surface area contributed by atoms with Crippen LogP contribution in [0.15, 0.2) is 23.1 Å². The van der Waals surface area contributed by atoms with Gasteiger partial charge >= 0.3 is 0 Å². The van der Waals surface area contributed by atoms with Gasteiger partial charge in [0, 0.05) is 6.07 Å². The van der Waals surface area contributed by atoms with E-state index in [4.69, 9.17) is 9.88 Å². The van der Waals surface area contributed by atoms with Gasteiger partial charge in [-0.05, 0) is 30.9 Å². The predicted octanol–water partition coefficient (Wildman–Crippen LogP) is 0.884. The summed E-state index contributed by atoms with van der Waals surface area (Å²) in [5, 5.41) is 5.10. The normalized spacial score (nSPS) is 16.3. The smallest absolute Gasteiger partial charge is 0.240 e. The Kier molecular flexibility index (Phi) is 4.45. The van der Waals surface area contributed by atoms with E-state index in [1.54, 1.807) is 0 Å². The summed E-state index contributed by atoms with van der Waals surface area (Å²) in [5.41, 5.74) is -0.0869. The third kappa shape index (κ3) is 4.08. The highest BCUT2D eigenvalue weighted by Gasteiger charge is 2.26. The number of nitrogens with one attached hydrogen (secondary N) is 1. The van der Waals surface area contributed by atoms with E-state index in [-0.39, 0.29) is 22.3 Å². The van der Waals surface area contributed by atoms with Gasteiger partial charge in [-0.15, -0.1) is 0 Å². The molecule has 1 aromatic rings. The van der Waals surface area contributed by atoms with E-state index in [1.165, 1.54) is 25.3 Å². The Bertz CT molecular complexity index is 724. The van der Waals surface area contributed by atoms with E-state index in [0.717, 1.165) is 19.3 Å². The Balaban J connectivity index is 2.32. The number of primary sulfonamides is 1. The lowest BCUT2D eigenvalue weighted by Gasteiger charge is -2.25. The van der Waals surface area contributed by atoms with Crippen LogP contribution in [0.25, 0.3) is 0 Å². The van der Waals surface area contributed by atoms with E-state index < -0.39 is 20.0 Å². The van der Waals surface area contributed by atoms with Crippen molar-refractivity contribution in [2.75, 3.05) is 17.6 Å². The zero-order valence-corrected chi connectivity index (χ0v) is 13.2. The van der Waals surface area contributed by atoms with E-state index in [0.29, 0.717) is 5.75 Å². The average molecular weight is 334 g/mol. The van der Waals surface area contributed by atoms with Crippen molar-refractivity contribution in [2.24, 2.45) is 11.1 Å². The summed E-state index contributed by atoms with van der Waals surface area (Å²) in [4.78, 5) is -0.277. The van der Waals surface area contributed by atoms with E-state index in [9.17, 15) is 16.8 Å². The zero-order chi connectivity index (χ0) is 15.7. The number of benzene rings is 1. The molecule has 0 saturated heterocycles. The first-order chi connectivity index (χ1) is 9.71. The van der Waals surface area contributed by atoms with Crippen molar-refractivity contribution < 1.29 is 21.6 Å². The number of anilines is 1. The van der Waals surface area contributed by atoms with Crippen LogP contribution in [0.1, 0.15) is 19.3 Å². The van der Waals surface area contributed by atoms with Crippen LogP contribution in [-0.4, -0.2) is 29.7 Å². The van der Waals surface area contributed by atoms with Crippen molar-refractivity contribution in [1.82, 2.24) is 0 Å². The first-order valence-corrected chi connectivity index (χ1v) is 9.62.